The van der Waals surface area contributed by atoms with Crippen LogP contribution in [0.4, 0.5) is 5.69 Å². The van der Waals surface area contributed by atoms with Crippen molar-refractivity contribution >= 4 is 65.1 Å². The van der Waals surface area contributed by atoms with E-state index in [1.54, 1.807) is 16.8 Å². The average molecular weight is 423 g/mol. The minimum absolute atomic E-state index is 0.123. The Labute approximate surface area is 173 Å². The lowest BCUT2D eigenvalue weighted by Gasteiger charge is -2.11. The average Bonchev–Trinajstić information content (AvgIpc) is 3.43. The zero-order valence-electron chi connectivity index (χ0n) is 14.5. The molecule has 5 aromatic rings. The molecule has 0 unspecified atom stereocenters. The summed E-state index contributed by atoms with van der Waals surface area (Å²) in [6.45, 7) is 0.372. The first-order valence-corrected chi connectivity index (χ1v) is 11.2. The van der Waals surface area contributed by atoms with E-state index in [2.05, 4.69) is 22.4 Å². The summed E-state index contributed by atoms with van der Waals surface area (Å²) in [5.74, 6) is 0.509. The Hall–Kier alpha value is -2.74. The molecule has 28 heavy (non-hydrogen) atoms. The zero-order chi connectivity index (χ0) is 18.9. The van der Waals surface area contributed by atoms with Crippen LogP contribution in [0.15, 0.2) is 65.5 Å². The molecule has 0 bridgehead atoms. The van der Waals surface area contributed by atoms with E-state index in [0.29, 0.717) is 22.9 Å². The van der Waals surface area contributed by atoms with Gasteiger partial charge in [0, 0.05) is 20.2 Å². The number of nitrogens with zero attached hydrogens (tertiary/aromatic N) is 1. The van der Waals surface area contributed by atoms with Crippen molar-refractivity contribution in [2.24, 2.45) is 0 Å². The molecule has 3 aromatic heterocycles. The fourth-order valence-corrected chi connectivity index (χ4v) is 5.91. The van der Waals surface area contributed by atoms with Crippen LogP contribution in [-0.2, 0) is 6.61 Å². The first-order valence-electron chi connectivity index (χ1n) is 8.59. The molecule has 0 saturated carbocycles. The van der Waals surface area contributed by atoms with Gasteiger partial charge in [0.05, 0.1) is 26.5 Å². The minimum Gasteiger partial charge on any atom is -0.485 e. The number of rotatable bonds is 5. The van der Waals surface area contributed by atoms with Crippen molar-refractivity contribution in [2.45, 2.75) is 6.61 Å². The summed E-state index contributed by atoms with van der Waals surface area (Å²) in [4.78, 5) is 17.8. The van der Waals surface area contributed by atoms with E-state index in [4.69, 9.17) is 4.74 Å². The smallest absolute Gasteiger partial charge is 0.265 e. The summed E-state index contributed by atoms with van der Waals surface area (Å²) >= 11 is 4.77. The van der Waals surface area contributed by atoms with Gasteiger partial charge in [-0.15, -0.1) is 34.0 Å². The van der Waals surface area contributed by atoms with Gasteiger partial charge in [-0.05, 0) is 24.3 Å². The second-order valence-corrected chi connectivity index (χ2v) is 8.98. The number of para-hydroxylation sites is 2. The molecular weight excluding hydrogens is 408 g/mol. The number of benzene rings is 2. The van der Waals surface area contributed by atoms with E-state index in [-0.39, 0.29) is 5.91 Å². The molecule has 4 nitrogen and oxygen atoms in total. The highest BCUT2D eigenvalue weighted by Gasteiger charge is 2.16. The molecule has 1 amide bonds. The molecule has 5 rings (SSSR count). The SMILES string of the molecule is O=C(Nc1ccccc1OCc1cscn1)c1cc2sc3ccccc3c2s1. The Kier molecular flexibility index (Phi) is 4.56. The topological polar surface area (TPSA) is 51.2 Å². The van der Waals surface area contributed by atoms with Crippen LogP contribution >= 0.6 is 34.0 Å². The summed E-state index contributed by atoms with van der Waals surface area (Å²) in [5.41, 5.74) is 3.30. The van der Waals surface area contributed by atoms with Crippen molar-refractivity contribution in [3.05, 3.63) is 76.1 Å². The third-order valence-electron chi connectivity index (χ3n) is 4.27. The molecular formula is C21H14N2O2S3. The van der Waals surface area contributed by atoms with Crippen LogP contribution < -0.4 is 10.1 Å². The molecule has 0 fully saturated rings. The van der Waals surface area contributed by atoms with Crippen molar-refractivity contribution in [3.8, 4) is 5.75 Å². The second kappa shape index (κ2) is 7.35. The first-order chi connectivity index (χ1) is 13.8. The predicted octanol–water partition coefficient (Wildman–Crippen LogP) is 6.40. The number of anilines is 1. The fraction of sp³-hybridized carbons (Fsp3) is 0.0476. The summed E-state index contributed by atoms with van der Waals surface area (Å²) in [6.07, 6.45) is 0. The van der Waals surface area contributed by atoms with Crippen LogP contribution in [0.5, 0.6) is 5.75 Å². The Morgan fingerprint density at radius 3 is 2.79 bits per heavy atom. The number of nitrogens with one attached hydrogen (secondary N) is 1. The van der Waals surface area contributed by atoms with Crippen molar-refractivity contribution in [1.29, 1.82) is 0 Å². The van der Waals surface area contributed by atoms with Gasteiger partial charge in [0.15, 0.2) is 0 Å². The van der Waals surface area contributed by atoms with Gasteiger partial charge in [0.1, 0.15) is 12.4 Å². The number of amides is 1. The maximum Gasteiger partial charge on any atom is 0.265 e. The molecule has 0 aliphatic rings. The van der Waals surface area contributed by atoms with E-state index in [1.165, 1.54) is 37.5 Å². The number of fused-ring (bicyclic) bond motifs is 3. The normalized spacial score (nSPS) is 11.1. The van der Waals surface area contributed by atoms with Crippen molar-refractivity contribution < 1.29 is 9.53 Å². The largest absolute Gasteiger partial charge is 0.485 e. The van der Waals surface area contributed by atoms with Crippen LogP contribution in [0.3, 0.4) is 0 Å². The highest BCUT2D eigenvalue weighted by Crippen LogP contribution is 2.39. The Balaban J connectivity index is 1.38. The Bertz CT molecular complexity index is 1270. The lowest BCUT2D eigenvalue weighted by Crippen LogP contribution is -2.11. The van der Waals surface area contributed by atoms with E-state index in [0.717, 1.165) is 10.4 Å². The molecule has 0 saturated heterocycles. The van der Waals surface area contributed by atoms with Gasteiger partial charge in [-0.1, -0.05) is 30.3 Å². The van der Waals surface area contributed by atoms with Gasteiger partial charge in [0.2, 0.25) is 0 Å². The van der Waals surface area contributed by atoms with Crippen molar-refractivity contribution in [1.82, 2.24) is 4.98 Å². The monoisotopic (exact) mass is 422 g/mol. The lowest BCUT2D eigenvalue weighted by atomic mass is 10.2. The summed E-state index contributed by atoms with van der Waals surface area (Å²) in [6, 6.07) is 17.7. The first kappa shape index (κ1) is 17.4. The van der Waals surface area contributed by atoms with E-state index in [1.807, 2.05) is 47.8 Å². The number of aromatic nitrogens is 1. The van der Waals surface area contributed by atoms with Crippen LogP contribution in [0.1, 0.15) is 15.4 Å². The number of ether oxygens (including phenoxy) is 1. The Morgan fingerprint density at radius 1 is 1.04 bits per heavy atom. The highest BCUT2D eigenvalue weighted by atomic mass is 32.1. The number of hydrogen-bond donors (Lipinski definition) is 1. The number of hydrogen-bond acceptors (Lipinski definition) is 6. The molecule has 3 heterocycles. The number of thiophene rings is 2. The van der Waals surface area contributed by atoms with Crippen LogP contribution in [0.25, 0.3) is 19.5 Å². The van der Waals surface area contributed by atoms with Gasteiger partial charge in [0.25, 0.3) is 5.91 Å². The molecule has 7 heteroatoms. The summed E-state index contributed by atoms with van der Waals surface area (Å²) in [5, 5.41) is 6.14. The molecule has 0 aliphatic carbocycles. The minimum atomic E-state index is -0.123. The second-order valence-electron chi connectivity index (χ2n) is 6.12. The molecule has 0 radical (unpaired) electrons. The van der Waals surface area contributed by atoms with Crippen molar-refractivity contribution in [2.75, 3.05) is 5.32 Å². The van der Waals surface area contributed by atoms with Gasteiger partial charge < -0.3 is 10.1 Å². The van der Waals surface area contributed by atoms with E-state index in [9.17, 15) is 4.79 Å². The van der Waals surface area contributed by atoms with Crippen LogP contribution in [0.2, 0.25) is 0 Å². The maximum atomic E-state index is 12.8. The number of carbonyl (C=O) groups is 1. The van der Waals surface area contributed by atoms with Crippen LogP contribution in [0, 0.1) is 0 Å². The quantitative estimate of drug-likeness (QED) is 0.356. The third-order valence-corrected chi connectivity index (χ3v) is 7.32. The predicted molar refractivity (Wildman–Crippen MR) is 118 cm³/mol. The zero-order valence-corrected chi connectivity index (χ0v) is 17.0. The van der Waals surface area contributed by atoms with Gasteiger partial charge >= 0.3 is 0 Å². The molecule has 0 aliphatic heterocycles. The lowest BCUT2D eigenvalue weighted by molar-refractivity contribution is 0.103. The fourth-order valence-electron chi connectivity index (χ4n) is 2.95. The molecule has 0 spiro atoms. The summed E-state index contributed by atoms with van der Waals surface area (Å²) < 4.78 is 9.41. The van der Waals surface area contributed by atoms with Crippen molar-refractivity contribution in [3.63, 3.8) is 0 Å². The molecule has 0 atom stereocenters. The summed E-state index contributed by atoms with van der Waals surface area (Å²) in [7, 11) is 0. The third kappa shape index (κ3) is 3.28. The molecule has 2 aromatic carbocycles. The van der Waals surface area contributed by atoms with Gasteiger partial charge in [-0.2, -0.15) is 0 Å². The van der Waals surface area contributed by atoms with Gasteiger partial charge in [-0.3, -0.25) is 4.79 Å². The number of carbonyl (C=O) groups excluding carboxylic acids is 1. The Morgan fingerprint density at radius 2 is 1.89 bits per heavy atom. The van der Waals surface area contributed by atoms with E-state index >= 15 is 0 Å². The van der Waals surface area contributed by atoms with E-state index < -0.39 is 0 Å². The standard InChI is InChI=1S/C21H14N2O2S3/c24-21(19-9-18-20(28-19)14-5-1-4-8-17(14)27-18)23-15-6-2-3-7-16(15)25-10-13-11-26-12-22-13/h1-9,11-12H,10H2,(H,23,24). The number of thiazole rings is 1. The maximum absolute atomic E-state index is 12.8. The molecule has 138 valence electrons. The van der Waals surface area contributed by atoms with Crippen LogP contribution in [-0.4, -0.2) is 10.9 Å². The highest BCUT2D eigenvalue weighted by molar-refractivity contribution is 7.33. The molecule has 1 N–H and O–H groups in total. The van der Waals surface area contributed by atoms with Gasteiger partial charge in [-0.25, -0.2) is 4.98 Å².